The molecule has 0 aromatic heterocycles. The van der Waals surface area contributed by atoms with Crippen molar-refractivity contribution in [1.82, 2.24) is 4.90 Å². The van der Waals surface area contributed by atoms with Crippen LogP contribution in [-0.4, -0.2) is 34.5 Å². The van der Waals surface area contributed by atoms with Crippen LogP contribution in [0.1, 0.15) is 86.5 Å². The van der Waals surface area contributed by atoms with Gasteiger partial charge in [0.05, 0.1) is 5.57 Å². The van der Waals surface area contributed by atoms with Crippen LogP contribution in [0.15, 0.2) is 23.8 Å². The SMILES string of the molecule is CC.CCC(=O)N1CCCC1CC1CC(C(C)/C=C\C(=C/C(C)CC)C(=O)O)C1. The quantitative estimate of drug-likeness (QED) is 0.373. The number of rotatable bonds is 9. The number of likely N-dealkylation sites (tertiary alicyclic amines) is 1. The minimum Gasteiger partial charge on any atom is -0.478 e. The summed E-state index contributed by atoms with van der Waals surface area (Å²) in [5.74, 6) is 1.51. The number of carboxylic acid groups (broad SMARTS) is 1. The standard InChI is InChI=1S/C23H37NO3.C2H6/c1-5-16(3)12-19(23(26)27)10-9-17(4)20-13-18(14-20)15-21-8-7-11-24(21)22(25)6-2;1-2/h9-10,12,16-18,20-21H,5-8,11,13-15H2,1-4H3,(H,26,27);1-2H3/b10-9-,19-12+;. The molecular weight excluding hydrogens is 362 g/mol. The Hall–Kier alpha value is -1.58. The fourth-order valence-electron chi connectivity index (χ4n) is 4.44. The van der Waals surface area contributed by atoms with Gasteiger partial charge < -0.3 is 10.0 Å². The molecule has 2 aliphatic rings. The Morgan fingerprint density at radius 2 is 1.83 bits per heavy atom. The first kappa shape index (κ1) is 25.5. The second-order valence-corrected chi connectivity index (χ2v) is 8.60. The Morgan fingerprint density at radius 1 is 1.17 bits per heavy atom. The van der Waals surface area contributed by atoms with Gasteiger partial charge in [-0.25, -0.2) is 4.79 Å². The zero-order valence-corrected chi connectivity index (χ0v) is 19.5. The van der Waals surface area contributed by atoms with Crippen LogP contribution in [0.25, 0.3) is 0 Å². The molecule has 1 saturated heterocycles. The molecule has 0 bridgehead atoms. The summed E-state index contributed by atoms with van der Waals surface area (Å²) in [7, 11) is 0. The van der Waals surface area contributed by atoms with E-state index in [-0.39, 0.29) is 5.92 Å². The van der Waals surface area contributed by atoms with Gasteiger partial charge in [-0.3, -0.25) is 4.79 Å². The van der Waals surface area contributed by atoms with E-state index in [0.717, 1.165) is 38.1 Å². The third-order valence-electron chi connectivity index (χ3n) is 6.56. The summed E-state index contributed by atoms with van der Waals surface area (Å²) in [6.07, 6.45) is 13.1. The molecule has 3 atom stereocenters. The molecule has 1 amide bonds. The Bertz CT molecular complexity index is 575. The molecule has 1 heterocycles. The van der Waals surface area contributed by atoms with Gasteiger partial charge in [-0.2, -0.15) is 0 Å². The second kappa shape index (κ2) is 12.9. The molecule has 29 heavy (non-hydrogen) atoms. The first-order valence-electron chi connectivity index (χ1n) is 11.8. The number of carbonyl (C=O) groups is 2. The van der Waals surface area contributed by atoms with Crippen molar-refractivity contribution in [2.75, 3.05) is 6.54 Å². The predicted octanol–water partition coefficient (Wildman–Crippen LogP) is 6.08. The number of hydrogen-bond acceptors (Lipinski definition) is 2. The lowest BCUT2D eigenvalue weighted by molar-refractivity contribution is -0.133. The highest BCUT2D eigenvalue weighted by Crippen LogP contribution is 2.43. The summed E-state index contributed by atoms with van der Waals surface area (Å²) in [4.78, 5) is 25.6. The van der Waals surface area contributed by atoms with Gasteiger partial charge in [0.25, 0.3) is 0 Å². The normalized spacial score (nSPS) is 26.5. The highest BCUT2D eigenvalue weighted by Gasteiger charge is 2.36. The number of amides is 1. The number of nitrogens with zero attached hydrogens (tertiary/aromatic N) is 1. The molecule has 2 fully saturated rings. The third-order valence-corrected chi connectivity index (χ3v) is 6.56. The van der Waals surface area contributed by atoms with E-state index in [4.69, 9.17) is 0 Å². The molecule has 0 spiro atoms. The van der Waals surface area contributed by atoms with E-state index in [0.29, 0.717) is 35.8 Å². The van der Waals surface area contributed by atoms with Gasteiger partial charge in [0, 0.05) is 19.0 Å². The van der Waals surface area contributed by atoms with Crippen molar-refractivity contribution in [3.05, 3.63) is 23.8 Å². The Balaban J connectivity index is 0.00000204. The summed E-state index contributed by atoms with van der Waals surface area (Å²) >= 11 is 0. The molecule has 1 aliphatic carbocycles. The van der Waals surface area contributed by atoms with E-state index < -0.39 is 5.97 Å². The van der Waals surface area contributed by atoms with E-state index in [1.165, 1.54) is 12.8 Å². The first-order chi connectivity index (χ1) is 13.8. The molecule has 0 aromatic carbocycles. The van der Waals surface area contributed by atoms with Gasteiger partial charge in [-0.05, 0) is 55.8 Å². The number of allylic oxidation sites excluding steroid dienone is 2. The van der Waals surface area contributed by atoms with Gasteiger partial charge in [0.15, 0.2) is 0 Å². The molecule has 3 unspecified atom stereocenters. The van der Waals surface area contributed by atoms with Crippen LogP contribution in [0.4, 0.5) is 0 Å². The Morgan fingerprint density at radius 3 is 2.38 bits per heavy atom. The van der Waals surface area contributed by atoms with Crippen LogP contribution in [-0.2, 0) is 9.59 Å². The molecule has 166 valence electrons. The second-order valence-electron chi connectivity index (χ2n) is 8.60. The highest BCUT2D eigenvalue weighted by atomic mass is 16.4. The van der Waals surface area contributed by atoms with Crippen molar-refractivity contribution < 1.29 is 14.7 Å². The van der Waals surface area contributed by atoms with E-state index in [1.807, 2.05) is 33.8 Å². The lowest BCUT2D eigenvalue weighted by atomic mass is 9.67. The number of aliphatic carboxylic acids is 1. The molecule has 4 heteroatoms. The van der Waals surface area contributed by atoms with Crippen LogP contribution >= 0.6 is 0 Å². The van der Waals surface area contributed by atoms with Crippen molar-refractivity contribution in [1.29, 1.82) is 0 Å². The molecule has 0 aromatic rings. The summed E-state index contributed by atoms with van der Waals surface area (Å²) in [5.41, 5.74) is 0.409. The summed E-state index contributed by atoms with van der Waals surface area (Å²) < 4.78 is 0. The van der Waals surface area contributed by atoms with E-state index in [2.05, 4.69) is 24.8 Å². The minimum absolute atomic E-state index is 0.282. The maximum Gasteiger partial charge on any atom is 0.335 e. The molecule has 4 nitrogen and oxygen atoms in total. The van der Waals surface area contributed by atoms with Gasteiger partial charge in [0.1, 0.15) is 0 Å². The highest BCUT2D eigenvalue weighted by molar-refractivity contribution is 5.89. The van der Waals surface area contributed by atoms with Gasteiger partial charge >= 0.3 is 5.97 Å². The third kappa shape index (κ3) is 7.64. The predicted molar refractivity (Wildman–Crippen MR) is 121 cm³/mol. The minimum atomic E-state index is -0.841. The van der Waals surface area contributed by atoms with Crippen LogP contribution in [0.2, 0.25) is 0 Å². The zero-order chi connectivity index (χ0) is 22.0. The van der Waals surface area contributed by atoms with Crippen molar-refractivity contribution in [3.8, 4) is 0 Å². The molecule has 1 aliphatic heterocycles. The average molecular weight is 406 g/mol. The van der Waals surface area contributed by atoms with Crippen LogP contribution in [0.5, 0.6) is 0 Å². The van der Waals surface area contributed by atoms with Crippen LogP contribution in [0.3, 0.4) is 0 Å². The lowest BCUT2D eigenvalue weighted by Crippen LogP contribution is -2.39. The summed E-state index contributed by atoms with van der Waals surface area (Å²) in [6, 6.07) is 0.450. The summed E-state index contributed by atoms with van der Waals surface area (Å²) in [5, 5.41) is 9.38. The van der Waals surface area contributed by atoms with E-state index in [9.17, 15) is 14.7 Å². The maximum absolute atomic E-state index is 12.1. The molecule has 0 radical (unpaired) electrons. The fraction of sp³-hybridized carbons (Fsp3) is 0.760. The largest absolute Gasteiger partial charge is 0.478 e. The zero-order valence-electron chi connectivity index (χ0n) is 19.5. The van der Waals surface area contributed by atoms with Gasteiger partial charge in [0.2, 0.25) is 5.91 Å². The van der Waals surface area contributed by atoms with E-state index >= 15 is 0 Å². The number of carboxylic acids is 1. The average Bonchev–Trinajstić information content (AvgIpc) is 3.16. The smallest absolute Gasteiger partial charge is 0.335 e. The summed E-state index contributed by atoms with van der Waals surface area (Å²) in [6.45, 7) is 13.2. The van der Waals surface area contributed by atoms with Crippen molar-refractivity contribution in [3.63, 3.8) is 0 Å². The van der Waals surface area contributed by atoms with Crippen molar-refractivity contribution in [2.24, 2.45) is 23.7 Å². The Kier molecular flexibility index (Phi) is 11.3. The molecular formula is C25H43NO3. The van der Waals surface area contributed by atoms with Crippen LogP contribution < -0.4 is 0 Å². The number of carbonyl (C=O) groups excluding carboxylic acids is 1. The monoisotopic (exact) mass is 405 g/mol. The molecule has 2 rings (SSSR count). The molecule has 1 saturated carbocycles. The van der Waals surface area contributed by atoms with Crippen molar-refractivity contribution in [2.45, 2.75) is 92.5 Å². The van der Waals surface area contributed by atoms with Crippen molar-refractivity contribution >= 4 is 11.9 Å². The molecule has 1 N–H and O–H groups in total. The fourth-order valence-corrected chi connectivity index (χ4v) is 4.44. The topological polar surface area (TPSA) is 57.6 Å². The Labute approximate surface area is 178 Å². The maximum atomic E-state index is 12.1. The first-order valence-corrected chi connectivity index (χ1v) is 11.8. The number of hydrogen-bond donors (Lipinski definition) is 1. The van der Waals surface area contributed by atoms with Gasteiger partial charge in [-0.1, -0.05) is 66.2 Å². The van der Waals surface area contributed by atoms with Gasteiger partial charge in [-0.15, -0.1) is 0 Å². The van der Waals surface area contributed by atoms with E-state index in [1.54, 1.807) is 6.08 Å². The lowest BCUT2D eigenvalue weighted by Gasteiger charge is -2.41. The van der Waals surface area contributed by atoms with Crippen LogP contribution in [0, 0.1) is 23.7 Å².